The first-order valence-corrected chi connectivity index (χ1v) is 10.4. The highest BCUT2D eigenvalue weighted by Gasteiger charge is 2.28. The first kappa shape index (κ1) is 16.6. The van der Waals surface area contributed by atoms with E-state index in [1.54, 1.807) is 11.3 Å². The minimum Gasteiger partial charge on any atom is -0.321 e. The van der Waals surface area contributed by atoms with Crippen molar-refractivity contribution in [3.05, 3.63) is 45.6 Å². The van der Waals surface area contributed by atoms with Crippen molar-refractivity contribution in [3.8, 4) is 11.4 Å². The highest BCUT2D eigenvalue weighted by molar-refractivity contribution is 7.14. The minimum atomic E-state index is -0.0352. The molecular formula is C20H21N5OS. The van der Waals surface area contributed by atoms with E-state index in [1.807, 2.05) is 28.9 Å². The number of hydrogen-bond acceptors (Lipinski definition) is 5. The van der Waals surface area contributed by atoms with Gasteiger partial charge in [-0.1, -0.05) is 18.6 Å². The van der Waals surface area contributed by atoms with E-state index in [4.69, 9.17) is 0 Å². The number of nitrogens with one attached hydrogen (secondary N) is 1. The van der Waals surface area contributed by atoms with Crippen molar-refractivity contribution in [2.75, 3.05) is 5.32 Å². The summed E-state index contributed by atoms with van der Waals surface area (Å²) in [6, 6.07) is 10.3. The van der Waals surface area contributed by atoms with Crippen LogP contribution in [0.1, 0.15) is 58.3 Å². The molecule has 1 aromatic carbocycles. The molecule has 0 bridgehead atoms. The molecule has 0 radical (unpaired) electrons. The molecule has 6 nitrogen and oxygen atoms in total. The van der Waals surface area contributed by atoms with Crippen molar-refractivity contribution in [2.45, 2.75) is 51.0 Å². The zero-order valence-electron chi connectivity index (χ0n) is 15.0. The van der Waals surface area contributed by atoms with Crippen LogP contribution in [0.5, 0.6) is 0 Å². The van der Waals surface area contributed by atoms with Gasteiger partial charge in [-0.05, 0) is 72.7 Å². The topological polar surface area (TPSA) is 72.7 Å². The number of carbonyl (C=O) groups is 1. The molecule has 7 heteroatoms. The van der Waals surface area contributed by atoms with Gasteiger partial charge in [0.25, 0.3) is 5.91 Å². The van der Waals surface area contributed by atoms with Gasteiger partial charge in [-0.25, -0.2) is 4.68 Å². The fraction of sp³-hybridized carbons (Fsp3) is 0.400. The summed E-state index contributed by atoms with van der Waals surface area (Å²) in [5.74, 6) is 0.725. The molecule has 27 heavy (non-hydrogen) atoms. The third-order valence-corrected chi connectivity index (χ3v) is 6.47. The Balaban J connectivity index is 1.36. The standard InChI is InChI=1S/C20H21N5OS/c26-20(18-12-13-5-2-1-3-8-17(13)27-18)21-15-7-4-6-14(11-15)19-22-23-24-25(19)16-9-10-16/h4,6-7,11-12,16H,1-3,5,8-10H2,(H,21,26). The molecule has 2 aliphatic rings. The summed E-state index contributed by atoms with van der Waals surface area (Å²) in [6.07, 6.45) is 8.19. The monoisotopic (exact) mass is 379 g/mol. The molecule has 2 aromatic heterocycles. The second-order valence-corrected chi connectivity index (χ2v) is 8.47. The molecular weight excluding hydrogens is 358 g/mol. The maximum absolute atomic E-state index is 12.8. The van der Waals surface area contributed by atoms with E-state index in [0.717, 1.165) is 47.6 Å². The predicted molar refractivity (Wildman–Crippen MR) is 105 cm³/mol. The maximum atomic E-state index is 12.8. The van der Waals surface area contributed by atoms with Crippen molar-refractivity contribution >= 4 is 22.9 Å². The summed E-state index contributed by atoms with van der Waals surface area (Å²) < 4.78 is 1.89. The summed E-state index contributed by atoms with van der Waals surface area (Å²) in [7, 11) is 0. The lowest BCUT2D eigenvalue weighted by Crippen LogP contribution is -2.10. The second-order valence-electron chi connectivity index (χ2n) is 7.33. The lowest BCUT2D eigenvalue weighted by Gasteiger charge is -2.07. The number of carbonyl (C=O) groups excluding carboxylic acids is 1. The number of thiophene rings is 1. The number of fused-ring (bicyclic) bond motifs is 1. The average molecular weight is 379 g/mol. The van der Waals surface area contributed by atoms with Crippen molar-refractivity contribution in [3.63, 3.8) is 0 Å². The van der Waals surface area contributed by atoms with Gasteiger partial charge in [-0.2, -0.15) is 0 Å². The van der Waals surface area contributed by atoms with Gasteiger partial charge in [0, 0.05) is 16.1 Å². The van der Waals surface area contributed by atoms with Crippen LogP contribution < -0.4 is 5.32 Å². The Bertz CT molecular complexity index is 964. The van der Waals surface area contributed by atoms with E-state index in [2.05, 4.69) is 26.9 Å². The quantitative estimate of drug-likeness (QED) is 0.688. The number of rotatable bonds is 4. The molecule has 1 saturated carbocycles. The molecule has 1 amide bonds. The number of amides is 1. The fourth-order valence-corrected chi connectivity index (χ4v) is 4.81. The fourth-order valence-electron chi connectivity index (χ4n) is 3.66. The first-order chi connectivity index (χ1) is 13.3. The number of benzene rings is 1. The SMILES string of the molecule is O=C(Nc1cccc(-c2nnnn2C2CC2)c1)c1cc2c(s1)CCCCC2. The molecule has 138 valence electrons. The largest absolute Gasteiger partial charge is 0.321 e. The van der Waals surface area contributed by atoms with Gasteiger partial charge in [0.1, 0.15) is 0 Å². The lowest BCUT2D eigenvalue weighted by molar-refractivity contribution is 0.103. The summed E-state index contributed by atoms with van der Waals surface area (Å²) in [5, 5.41) is 15.1. The van der Waals surface area contributed by atoms with Crippen molar-refractivity contribution in [1.29, 1.82) is 0 Å². The van der Waals surface area contributed by atoms with Crippen LogP contribution in [-0.4, -0.2) is 26.1 Å². The number of hydrogen-bond donors (Lipinski definition) is 1. The number of nitrogens with zero attached hydrogens (tertiary/aromatic N) is 4. The number of aryl methyl sites for hydroxylation is 2. The average Bonchev–Trinajstić information content (AvgIpc) is 3.33. The van der Waals surface area contributed by atoms with E-state index < -0.39 is 0 Å². The molecule has 0 atom stereocenters. The third-order valence-electron chi connectivity index (χ3n) is 5.23. The van der Waals surface area contributed by atoms with Crippen LogP contribution in [0.2, 0.25) is 0 Å². The maximum Gasteiger partial charge on any atom is 0.265 e. The number of aromatic nitrogens is 4. The summed E-state index contributed by atoms with van der Waals surface area (Å²) in [6.45, 7) is 0. The van der Waals surface area contributed by atoms with Crippen LogP contribution >= 0.6 is 11.3 Å². The Labute approximate surface area is 161 Å². The zero-order chi connectivity index (χ0) is 18.2. The molecule has 0 saturated heterocycles. The van der Waals surface area contributed by atoms with Crippen molar-refractivity contribution < 1.29 is 4.79 Å². The van der Waals surface area contributed by atoms with Crippen LogP contribution in [0.3, 0.4) is 0 Å². The van der Waals surface area contributed by atoms with Gasteiger partial charge in [0.2, 0.25) is 0 Å². The molecule has 0 aliphatic heterocycles. The summed E-state index contributed by atoms with van der Waals surface area (Å²) in [5.41, 5.74) is 3.05. The van der Waals surface area contributed by atoms with E-state index in [-0.39, 0.29) is 5.91 Å². The smallest absolute Gasteiger partial charge is 0.265 e. The molecule has 1 fully saturated rings. The van der Waals surface area contributed by atoms with Gasteiger partial charge in [-0.15, -0.1) is 16.4 Å². The molecule has 2 aliphatic carbocycles. The number of anilines is 1. The first-order valence-electron chi connectivity index (χ1n) is 9.59. The minimum absolute atomic E-state index is 0.0352. The molecule has 3 aromatic rings. The highest BCUT2D eigenvalue weighted by Crippen LogP contribution is 2.37. The normalized spacial score (nSPS) is 16.6. The van der Waals surface area contributed by atoms with Crippen LogP contribution in [0.15, 0.2) is 30.3 Å². The van der Waals surface area contributed by atoms with Crippen LogP contribution in [0, 0.1) is 0 Å². The molecule has 0 spiro atoms. The lowest BCUT2D eigenvalue weighted by atomic mass is 10.1. The summed E-state index contributed by atoms with van der Waals surface area (Å²) in [4.78, 5) is 14.9. The molecule has 2 heterocycles. The highest BCUT2D eigenvalue weighted by atomic mass is 32.1. The van der Waals surface area contributed by atoms with Gasteiger partial charge >= 0.3 is 0 Å². The van der Waals surface area contributed by atoms with Crippen LogP contribution in [0.25, 0.3) is 11.4 Å². The predicted octanol–water partition coefficient (Wildman–Crippen LogP) is 4.26. The van der Waals surface area contributed by atoms with E-state index in [1.165, 1.54) is 29.7 Å². The van der Waals surface area contributed by atoms with Crippen LogP contribution in [0.4, 0.5) is 5.69 Å². The Kier molecular flexibility index (Phi) is 4.24. The second kappa shape index (κ2) is 6.88. The molecule has 1 N–H and O–H groups in total. The Morgan fingerprint density at radius 3 is 2.93 bits per heavy atom. The van der Waals surface area contributed by atoms with Gasteiger partial charge in [0.05, 0.1) is 10.9 Å². The Hall–Kier alpha value is -2.54. The zero-order valence-corrected chi connectivity index (χ0v) is 15.8. The molecule has 0 unspecified atom stereocenters. The number of tetrazole rings is 1. The van der Waals surface area contributed by atoms with Gasteiger partial charge in [-0.3, -0.25) is 4.79 Å². The van der Waals surface area contributed by atoms with Gasteiger partial charge in [0.15, 0.2) is 5.82 Å². The Morgan fingerprint density at radius 2 is 2.04 bits per heavy atom. The van der Waals surface area contributed by atoms with E-state index >= 15 is 0 Å². The van der Waals surface area contributed by atoms with Crippen LogP contribution in [-0.2, 0) is 12.8 Å². The molecule has 5 rings (SSSR count). The van der Waals surface area contributed by atoms with E-state index in [9.17, 15) is 4.79 Å². The third kappa shape index (κ3) is 3.39. The van der Waals surface area contributed by atoms with Crippen molar-refractivity contribution in [1.82, 2.24) is 20.2 Å². The van der Waals surface area contributed by atoms with Gasteiger partial charge < -0.3 is 5.32 Å². The Morgan fingerprint density at radius 1 is 1.15 bits per heavy atom. The summed E-state index contributed by atoms with van der Waals surface area (Å²) >= 11 is 1.64. The van der Waals surface area contributed by atoms with E-state index in [0.29, 0.717) is 6.04 Å². The van der Waals surface area contributed by atoms with Crippen molar-refractivity contribution in [2.24, 2.45) is 0 Å².